The predicted molar refractivity (Wildman–Crippen MR) is 56.3 cm³/mol. The van der Waals surface area contributed by atoms with Gasteiger partial charge in [0.1, 0.15) is 5.57 Å². The van der Waals surface area contributed by atoms with Crippen LogP contribution in [0.2, 0.25) is 0 Å². The van der Waals surface area contributed by atoms with Crippen LogP contribution in [-0.2, 0) is 0 Å². The lowest BCUT2D eigenvalue weighted by molar-refractivity contribution is -0.256. The smallest absolute Gasteiger partial charge is 0.203 e. The molecule has 1 rings (SSSR count). The van der Waals surface area contributed by atoms with Gasteiger partial charge in [0.05, 0.1) is 11.1 Å². The van der Waals surface area contributed by atoms with Gasteiger partial charge in [0.2, 0.25) is 5.82 Å². The van der Waals surface area contributed by atoms with E-state index in [0.29, 0.717) is 0 Å². The molecule has 0 saturated heterocycles. The van der Waals surface area contributed by atoms with E-state index in [-0.39, 0.29) is 0 Å². The van der Waals surface area contributed by atoms with E-state index in [2.05, 4.69) is 0 Å². The molecule has 0 heterocycles. The number of benzene rings is 1. The highest BCUT2D eigenvalue weighted by atomic mass is 19.4. The molecular formula is C12F16. The van der Waals surface area contributed by atoms with Crippen molar-refractivity contribution in [2.75, 3.05) is 0 Å². The van der Waals surface area contributed by atoms with Crippen molar-refractivity contribution < 1.29 is 70.2 Å². The third kappa shape index (κ3) is 3.85. The maximum atomic E-state index is 13.5. The van der Waals surface area contributed by atoms with E-state index < -0.39 is 70.2 Å². The molecule has 0 N–H and O–H groups in total. The maximum Gasteiger partial charge on any atom is 0.458 e. The summed E-state index contributed by atoms with van der Waals surface area (Å²) in [4.78, 5) is 0. The van der Waals surface area contributed by atoms with Crippen molar-refractivity contribution in [3.05, 3.63) is 40.2 Å². The molecule has 0 saturated carbocycles. The van der Waals surface area contributed by atoms with Crippen LogP contribution in [0.15, 0.2) is 5.57 Å². The Kier molecular flexibility index (Phi) is 5.73. The fourth-order valence-corrected chi connectivity index (χ4v) is 1.85. The Morgan fingerprint density at radius 1 is 0.464 bits per heavy atom. The van der Waals surface area contributed by atoms with Gasteiger partial charge in [-0.1, -0.05) is 0 Å². The first kappa shape index (κ1) is 23.9. The maximum absolute atomic E-state index is 13.5. The summed E-state index contributed by atoms with van der Waals surface area (Å²) in [6.07, 6.45) is -21.7. The molecule has 1 aromatic carbocycles. The van der Waals surface area contributed by atoms with E-state index in [1.807, 2.05) is 0 Å². The minimum absolute atomic E-state index is 3.23. The summed E-state index contributed by atoms with van der Waals surface area (Å²) in [7, 11) is 0. The van der Waals surface area contributed by atoms with Gasteiger partial charge in [-0.2, -0.15) is 48.3 Å². The lowest BCUT2D eigenvalue weighted by Gasteiger charge is -2.28. The average molecular weight is 448 g/mol. The van der Waals surface area contributed by atoms with Gasteiger partial charge in [-0.25, -0.2) is 22.0 Å². The van der Waals surface area contributed by atoms with E-state index in [4.69, 9.17) is 0 Å². The zero-order chi connectivity index (χ0) is 22.6. The van der Waals surface area contributed by atoms with Crippen molar-refractivity contribution in [1.82, 2.24) is 0 Å². The molecule has 0 bridgehead atoms. The highest BCUT2D eigenvalue weighted by molar-refractivity contribution is 5.77. The monoisotopic (exact) mass is 448 g/mol. The quantitative estimate of drug-likeness (QED) is 0.277. The summed E-state index contributed by atoms with van der Waals surface area (Å²) in [5, 5.41) is 0. The molecule has 0 fully saturated rings. The van der Waals surface area contributed by atoms with Gasteiger partial charge in [-0.05, 0) is 0 Å². The minimum atomic E-state index is -7.36. The lowest BCUT2D eigenvalue weighted by Crippen LogP contribution is -2.42. The predicted octanol–water partition coefficient (Wildman–Crippen LogP) is 6.46. The molecule has 0 unspecified atom stereocenters. The van der Waals surface area contributed by atoms with E-state index >= 15 is 0 Å². The van der Waals surface area contributed by atoms with Gasteiger partial charge in [0.25, 0.3) is 0 Å². The largest absolute Gasteiger partial charge is 0.458 e. The van der Waals surface area contributed by atoms with Crippen LogP contribution in [0.3, 0.4) is 0 Å². The van der Waals surface area contributed by atoms with E-state index in [1.54, 1.807) is 0 Å². The van der Waals surface area contributed by atoms with Crippen LogP contribution in [0.1, 0.15) is 5.56 Å². The number of alkyl halides is 11. The Labute approximate surface area is 142 Å². The van der Waals surface area contributed by atoms with E-state index in [0.717, 1.165) is 0 Å². The molecule has 0 aliphatic carbocycles. The molecule has 0 atom stereocenters. The van der Waals surface area contributed by atoms with Crippen LogP contribution in [0.25, 0.3) is 5.57 Å². The number of rotatable bonds is 2. The lowest BCUT2D eigenvalue weighted by atomic mass is 9.91. The molecule has 28 heavy (non-hydrogen) atoms. The SMILES string of the molecule is Fc1c(F)c(F)c(C(=C(C(F)(F)F)C(F)(F)F)C(F)(F)C(F)(F)F)c(F)c1F. The van der Waals surface area contributed by atoms with Gasteiger partial charge in [0, 0.05) is 0 Å². The molecule has 0 aliphatic heterocycles. The molecule has 1 aromatic rings. The summed E-state index contributed by atoms with van der Waals surface area (Å²) in [6.45, 7) is 0. The average Bonchev–Trinajstić information content (AvgIpc) is 2.46. The second-order valence-electron chi connectivity index (χ2n) is 4.76. The van der Waals surface area contributed by atoms with Gasteiger partial charge >= 0.3 is 24.5 Å². The number of hydrogen-bond donors (Lipinski definition) is 0. The molecular weight excluding hydrogens is 448 g/mol. The Morgan fingerprint density at radius 3 is 1.00 bits per heavy atom. The van der Waals surface area contributed by atoms with Crippen molar-refractivity contribution in [2.45, 2.75) is 24.5 Å². The standard InChI is InChI=1S/C12F16/c13-3-1(4(14)6(16)7(17)5(3)15)2(9(18,19)12(26,27)28)8(10(20,21)22)11(23,24)25. The number of hydrogen-bond acceptors (Lipinski definition) is 0. The summed E-state index contributed by atoms with van der Waals surface area (Å²) >= 11 is 0. The summed E-state index contributed by atoms with van der Waals surface area (Å²) in [5.41, 5.74) is -13.1. The first-order valence-electron chi connectivity index (χ1n) is 6.02. The van der Waals surface area contributed by atoms with Gasteiger partial charge in [-0.3, -0.25) is 0 Å². The van der Waals surface area contributed by atoms with Crippen molar-refractivity contribution in [2.24, 2.45) is 0 Å². The molecule has 0 radical (unpaired) electrons. The summed E-state index contributed by atoms with van der Waals surface area (Å²) < 4.78 is 206. The normalized spacial score (nSPS) is 13.7. The van der Waals surface area contributed by atoms with Crippen molar-refractivity contribution in [3.8, 4) is 0 Å². The van der Waals surface area contributed by atoms with Crippen LogP contribution < -0.4 is 0 Å². The Morgan fingerprint density at radius 2 is 0.750 bits per heavy atom. The molecule has 0 spiro atoms. The van der Waals surface area contributed by atoms with Crippen LogP contribution in [0, 0.1) is 29.1 Å². The second-order valence-corrected chi connectivity index (χ2v) is 4.76. The Bertz CT molecular complexity index is 758. The molecule has 0 aliphatic rings. The fraction of sp³-hybridized carbons (Fsp3) is 0.333. The summed E-state index contributed by atoms with van der Waals surface area (Å²) in [6, 6.07) is 0. The topological polar surface area (TPSA) is 0 Å². The highest BCUT2D eigenvalue weighted by Gasteiger charge is 2.67. The van der Waals surface area contributed by atoms with Crippen LogP contribution in [0.4, 0.5) is 70.2 Å². The molecule has 0 amide bonds. The third-order valence-corrected chi connectivity index (χ3v) is 2.95. The van der Waals surface area contributed by atoms with Gasteiger partial charge < -0.3 is 0 Å². The van der Waals surface area contributed by atoms with E-state index in [9.17, 15) is 70.2 Å². The zero-order valence-corrected chi connectivity index (χ0v) is 12.0. The van der Waals surface area contributed by atoms with E-state index in [1.165, 1.54) is 0 Å². The summed E-state index contributed by atoms with van der Waals surface area (Å²) in [5.74, 6) is -24.8. The molecule has 16 heteroatoms. The first-order chi connectivity index (χ1) is 12.2. The minimum Gasteiger partial charge on any atom is -0.203 e. The second kappa shape index (κ2) is 6.72. The fourth-order valence-electron chi connectivity index (χ4n) is 1.85. The third-order valence-electron chi connectivity index (χ3n) is 2.95. The van der Waals surface area contributed by atoms with Crippen LogP contribution >= 0.6 is 0 Å². The molecule has 0 nitrogen and oxygen atoms in total. The van der Waals surface area contributed by atoms with Crippen molar-refractivity contribution in [1.29, 1.82) is 0 Å². The number of allylic oxidation sites excluding steroid dienone is 2. The van der Waals surface area contributed by atoms with Gasteiger partial charge in [0.15, 0.2) is 23.3 Å². The van der Waals surface area contributed by atoms with Crippen molar-refractivity contribution in [3.63, 3.8) is 0 Å². The number of halogens is 16. The van der Waals surface area contributed by atoms with Crippen molar-refractivity contribution >= 4 is 5.57 Å². The zero-order valence-electron chi connectivity index (χ0n) is 12.0. The van der Waals surface area contributed by atoms with Gasteiger partial charge in [-0.15, -0.1) is 0 Å². The Balaban J connectivity index is 4.42. The molecule has 160 valence electrons. The Hall–Kier alpha value is -2.16. The van der Waals surface area contributed by atoms with Crippen LogP contribution in [-0.4, -0.2) is 24.5 Å². The van der Waals surface area contributed by atoms with Crippen LogP contribution in [0.5, 0.6) is 0 Å². The molecule has 0 aromatic heterocycles. The first-order valence-corrected chi connectivity index (χ1v) is 6.02. The highest BCUT2D eigenvalue weighted by Crippen LogP contribution is 2.54.